The Morgan fingerprint density at radius 2 is 0.814 bits per heavy atom. The van der Waals surface area contributed by atoms with Crippen LogP contribution in [0.4, 0.5) is 17.1 Å². The predicted molar refractivity (Wildman–Crippen MR) is 248 cm³/mol. The van der Waals surface area contributed by atoms with Crippen molar-refractivity contribution in [2.45, 2.75) is 19.3 Å². The number of nitrogens with zero attached hydrogens (tertiary/aromatic N) is 1. The zero-order chi connectivity index (χ0) is 39.5. The molecule has 0 saturated heterocycles. The van der Waals surface area contributed by atoms with Crippen LogP contribution >= 0.6 is 0 Å². The first kappa shape index (κ1) is 34.8. The highest BCUT2D eigenvalue weighted by Gasteiger charge is 2.36. The van der Waals surface area contributed by atoms with Crippen LogP contribution in [0.15, 0.2) is 217 Å². The minimum Gasteiger partial charge on any atom is -0.456 e. The summed E-state index contributed by atoms with van der Waals surface area (Å²) < 4.78 is 6.79. The van der Waals surface area contributed by atoms with Crippen molar-refractivity contribution in [3.05, 3.63) is 223 Å². The molecule has 9 aromatic carbocycles. The number of fused-ring (bicyclic) bond motifs is 6. The molecular formula is C57H41NO. The second kappa shape index (κ2) is 13.9. The quantitative estimate of drug-likeness (QED) is 0.161. The first-order chi connectivity index (χ1) is 29.0. The van der Waals surface area contributed by atoms with Gasteiger partial charge in [-0.15, -0.1) is 0 Å². The van der Waals surface area contributed by atoms with Gasteiger partial charge in [-0.05, 0) is 115 Å². The number of anilines is 3. The van der Waals surface area contributed by atoms with E-state index in [0.717, 1.165) is 39.0 Å². The first-order valence-corrected chi connectivity index (χ1v) is 20.4. The van der Waals surface area contributed by atoms with Gasteiger partial charge in [0.15, 0.2) is 0 Å². The third-order valence-corrected chi connectivity index (χ3v) is 12.3. The summed E-state index contributed by atoms with van der Waals surface area (Å²) in [7, 11) is 0. The molecule has 0 amide bonds. The van der Waals surface area contributed by atoms with Gasteiger partial charge in [0.1, 0.15) is 11.2 Å². The molecule has 1 heterocycles. The predicted octanol–water partition coefficient (Wildman–Crippen LogP) is 16.0. The van der Waals surface area contributed by atoms with E-state index in [2.05, 4.69) is 231 Å². The minimum atomic E-state index is -0.0844. The molecule has 0 atom stereocenters. The molecular weight excluding hydrogens is 715 g/mol. The Hall–Kier alpha value is -7.42. The van der Waals surface area contributed by atoms with Crippen LogP contribution in [0, 0.1) is 0 Å². The van der Waals surface area contributed by atoms with Gasteiger partial charge in [0.25, 0.3) is 0 Å². The summed E-state index contributed by atoms with van der Waals surface area (Å²) >= 11 is 0. The molecule has 0 unspecified atom stereocenters. The van der Waals surface area contributed by atoms with E-state index < -0.39 is 0 Å². The van der Waals surface area contributed by atoms with E-state index in [4.69, 9.17) is 4.42 Å². The maximum absolute atomic E-state index is 6.79. The lowest BCUT2D eigenvalue weighted by molar-refractivity contribution is 0.658. The summed E-state index contributed by atoms with van der Waals surface area (Å²) in [6.07, 6.45) is 0. The molecule has 0 spiro atoms. The van der Waals surface area contributed by atoms with Crippen molar-refractivity contribution >= 4 is 39.0 Å². The molecule has 10 aromatic rings. The molecule has 0 N–H and O–H groups in total. The maximum atomic E-state index is 6.79. The second-order valence-corrected chi connectivity index (χ2v) is 16.1. The number of hydrogen-bond donors (Lipinski definition) is 0. The minimum absolute atomic E-state index is 0.0844. The Morgan fingerprint density at radius 1 is 0.322 bits per heavy atom. The molecule has 59 heavy (non-hydrogen) atoms. The van der Waals surface area contributed by atoms with E-state index in [9.17, 15) is 0 Å². The SMILES string of the molecule is CC1(C)c2ccccc2-c2cc3oc4cc(N(c5ccc(-c6ccccc6)cc5)c5ccc(-c6ccc(-c7ccccc7)cc6)c(-c6ccccc6)c5)ccc4c3cc21. The van der Waals surface area contributed by atoms with E-state index in [1.165, 1.54) is 66.8 Å². The van der Waals surface area contributed by atoms with E-state index >= 15 is 0 Å². The Morgan fingerprint density at radius 3 is 1.49 bits per heavy atom. The summed E-state index contributed by atoms with van der Waals surface area (Å²) in [6, 6.07) is 76.7. The Bertz CT molecular complexity index is 3140. The molecule has 11 rings (SSSR count). The largest absolute Gasteiger partial charge is 0.456 e. The van der Waals surface area contributed by atoms with Crippen molar-refractivity contribution in [3.63, 3.8) is 0 Å². The molecule has 0 bridgehead atoms. The van der Waals surface area contributed by atoms with Crippen LogP contribution in [0.5, 0.6) is 0 Å². The van der Waals surface area contributed by atoms with Crippen molar-refractivity contribution < 1.29 is 4.42 Å². The van der Waals surface area contributed by atoms with Gasteiger partial charge in [-0.2, -0.15) is 0 Å². The third-order valence-electron chi connectivity index (χ3n) is 12.3. The number of furan rings is 1. The maximum Gasteiger partial charge on any atom is 0.137 e. The summed E-state index contributed by atoms with van der Waals surface area (Å²) in [4.78, 5) is 2.36. The lowest BCUT2D eigenvalue weighted by Gasteiger charge is -2.27. The zero-order valence-corrected chi connectivity index (χ0v) is 33.1. The monoisotopic (exact) mass is 755 g/mol. The Balaban J connectivity index is 1.06. The molecule has 0 radical (unpaired) electrons. The van der Waals surface area contributed by atoms with Gasteiger partial charge in [0.05, 0.1) is 0 Å². The van der Waals surface area contributed by atoms with Crippen molar-refractivity contribution in [2.24, 2.45) is 0 Å². The molecule has 280 valence electrons. The van der Waals surface area contributed by atoms with Crippen molar-refractivity contribution in [1.29, 1.82) is 0 Å². The molecule has 1 aliphatic rings. The van der Waals surface area contributed by atoms with E-state index in [-0.39, 0.29) is 5.41 Å². The van der Waals surface area contributed by atoms with Crippen LogP contribution in [0.2, 0.25) is 0 Å². The fourth-order valence-corrected chi connectivity index (χ4v) is 9.23. The van der Waals surface area contributed by atoms with E-state index in [1.807, 2.05) is 0 Å². The molecule has 1 aliphatic carbocycles. The molecule has 0 fully saturated rings. The van der Waals surface area contributed by atoms with Gasteiger partial charge in [0, 0.05) is 39.3 Å². The van der Waals surface area contributed by atoms with Crippen LogP contribution in [-0.4, -0.2) is 0 Å². The summed E-state index contributed by atoms with van der Waals surface area (Å²) in [5.41, 5.74) is 19.6. The van der Waals surface area contributed by atoms with Gasteiger partial charge in [0.2, 0.25) is 0 Å². The third kappa shape index (κ3) is 5.96. The number of rotatable bonds is 7. The molecule has 0 saturated carbocycles. The van der Waals surface area contributed by atoms with Crippen molar-refractivity contribution in [1.82, 2.24) is 0 Å². The molecule has 2 nitrogen and oxygen atoms in total. The molecule has 2 heteroatoms. The first-order valence-electron chi connectivity index (χ1n) is 20.4. The Kier molecular flexibility index (Phi) is 8.20. The smallest absolute Gasteiger partial charge is 0.137 e. The zero-order valence-electron chi connectivity index (χ0n) is 33.1. The van der Waals surface area contributed by atoms with E-state index in [0.29, 0.717) is 0 Å². The number of benzene rings is 9. The van der Waals surface area contributed by atoms with Gasteiger partial charge < -0.3 is 9.32 Å². The van der Waals surface area contributed by atoms with Gasteiger partial charge in [-0.3, -0.25) is 0 Å². The molecule has 0 aliphatic heterocycles. The van der Waals surface area contributed by atoms with Crippen molar-refractivity contribution in [2.75, 3.05) is 4.90 Å². The van der Waals surface area contributed by atoms with Gasteiger partial charge in [-0.25, -0.2) is 0 Å². The highest BCUT2D eigenvalue weighted by molar-refractivity contribution is 6.08. The Labute approximate surface area is 345 Å². The normalized spacial score (nSPS) is 12.7. The highest BCUT2D eigenvalue weighted by atomic mass is 16.3. The standard InChI is InChI=1S/C57H41NO/c1-57(2)53-21-13-12-20-48(53)51-37-56-52(36-54(51)57)49-33-31-46(35-55(49)59-56)58(44-28-26-41(27-29-44)39-16-8-4-9-17-39)45-30-32-47(50(34-45)42-18-10-5-11-19-42)43-24-22-40(23-25-43)38-14-6-3-7-15-38/h3-37H,1-2H3. The van der Waals surface area contributed by atoms with Crippen LogP contribution < -0.4 is 4.90 Å². The van der Waals surface area contributed by atoms with Crippen LogP contribution in [0.1, 0.15) is 25.0 Å². The topological polar surface area (TPSA) is 16.4 Å². The van der Waals surface area contributed by atoms with Gasteiger partial charge >= 0.3 is 0 Å². The van der Waals surface area contributed by atoms with E-state index in [1.54, 1.807) is 0 Å². The lowest BCUT2D eigenvalue weighted by Crippen LogP contribution is -2.14. The highest BCUT2D eigenvalue weighted by Crippen LogP contribution is 2.51. The summed E-state index contributed by atoms with van der Waals surface area (Å²) in [5.74, 6) is 0. The summed E-state index contributed by atoms with van der Waals surface area (Å²) in [5, 5.41) is 2.27. The second-order valence-electron chi connectivity index (χ2n) is 16.1. The molecule has 1 aromatic heterocycles. The van der Waals surface area contributed by atoms with Crippen molar-refractivity contribution in [3.8, 4) is 55.6 Å². The average molecular weight is 756 g/mol. The number of hydrogen-bond acceptors (Lipinski definition) is 2. The van der Waals surface area contributed by atoms with Crippen LogP contribution in [-0.2, 0) is 5.41 Å². The lowest BCUT2D eigenvalue weighted by atomic mass is 9.82. The van der Waals surface area contributed by atoms with Crippen LogP contribution in [0.25, 0.3) is 77.6 Å². The fourth-order valence-electron chi connectivity index (χ4n) is 9.23. The van der Waals surface area contributed by atoms with Gasteiger partial charge in [-0.1, -0.05) is 172 Å². The van der Waals surface area contributed by atoms with Crippen LogP contribution in [0.3, 0.4) is 0 Å². The average Bonchev–Trinajstić information content (AvgIpc) is 3.77. The fraction of sp³-hybridized carbons (Fsp3) is 0.0526. The summed E-state index contributed by atoms with van der Waals surface area (Å²) in [6.45, 7) is 4.67.